The van der Waals surface area contributed by atoms with E-state index in [9.17, 15) is 9.36 Å². The molecule has 0 aliphatic rings. The van der Waals surface area contributed by atoms with Gasteiger partial charge in [-0.3, -0.25) is 4.79 Å². The van der Waals surface area contributed by atoms with Gasteiger partial charge in [0.2, 0.25) is 0 Å². The Morgan fingerprint density at radius 2 is 1.85 bits per heavy atom. The van der Waals surface area contributed by atoms with E-state index in [4.69, 9.17) is 20.5 Å². The van der Waals surface area contributed by atoms with Gasteiger partial charge in [0.15, 0.2) is 0 Å². The van der Waals surface area contributed by atoms with Crippen molar-refractivity contribution in [2.75, 3.05) is 0 Å². The third-order valence-electron chi connectivity index (χ3n) is 2.07. The smallest absolute Gasteiger partial charge is 0.409 e. The highest BCUT2D eigenvalue weighted by Gasteiger charge is 2.30. The van der Waals surface area contributed by atoms with Crippen molar-refractivity contribution in [3.05, 3.63) is 30.3 Å². The van der Waals surface area contributed by atoms with Crippen LogP contribution in [0.15, 0.2) is 30.3 Å². The summed E-state index contributed by atoms with van der Waals surface area (Å²) in [6, 6.07) is 7.64. The monoisotopic (exact) mass is 319 g/mol. The molecule has 0 amide bonds. The van der Waals surface area contributed by atoms with Crippen LogP contribution in [0.4, 0.5) is 0 Å². The standard InChI is InChI=1S/C13H19ClNO4P/c1-10(12(16)18-13(2,3)4)15-20(14,17)19-11-8-6-5-7-9-11/h5-10H,1-4H3,(H,15,17)/t10-,20?/m0/s1. The van der Waals surface area contributed by atoms with E-state index in [2.05, 4.69) is 5.09 Å². The van der Waals surface area contributed by atoms with E-state index in [0.29, 0.717) is 5.75 Å². The van der Waals surface area contributed by atoms with Gasteiger partial charge in [-0.2, -0.15) is 0 Å². The molecule has 1 rings (SSSR count). The van der Waals surface area contributed by atoms with Crippen LogP contribution in [-0.2, 0) is 14.1 Å². The van der Waals surface area contributed by atoms with Gasteiger partial charge < -0.3 is 9.26 Å². The van der Waals surface area contributed by atoms with E-state index in [1.165, 1.54) is 6.92 Å². The fraction of sp³-hybridized carbons (Fsp3) is 0.462. The molecule has 1 unspecified atom stereocenters. The molecule has 5 nitrogen and oxygen atoms in total. The lowest BCUT2D eigenvalue weighted by molar-refractivity contribution is -0.156. The van der Waals surface area contributed by atoms with Crippen LogP contribution in [0.2, 0.25) is 0 Å². The van der Waals surface area contributed by atoms with Gasteiger partial charge in [0, 0.05) is 11.2 Å². The SMILES string of the molecule is C[C@H](NP(=O)(Cl)Oc1ccccc1)C(=O)OC(C)(C)C. The molecule has 0 saturated carbocycles. The van der Waals surface area contributed by atoms with E-state index in [1.807, 2.05) is 0 Å². The summed E-state index contributed by atoms with van der Waals surface area (Å²) in [4.78, 5) is 11.8. The zero-order valence-corrected chi connectivity index (χ0v) is 13.6. The molecule has 0 bridgehead atoms. The Labute approximate surface area is 123 Å². The summed E-state index contributed by atoms with van der Waals surface area (Å²) in [6.45, 7) is 3.09. The first-order valence-corrected chi connectivity index (χ1v) is 8.67. The van der Waals surface area contributed by atoms with Crippen molar-refractivity contribution in [1.29, 1.82) is 0 Å². The second kappa shape index (κ2) is 6.61. The molecule has 20 heavy (non-hydrogen) atoms. The molecule has 0 spiro atoms. The van der Waals surface area contributed by atoms with E-state index in [-0.39, 0.29) is 0 Å². The fourth-order valence-electron chi connectivity index (χ4n) is 1.32. The topological polar surface area (TPSA) is 64.6 Å². The number of carbonyl (C=O) groups excluding carboxylic acids is 1. The molecule has 0 radical (unpaired) electrons. The molecule has 7 heteroatoms. The minimum Gasteiger partial charge on any atom is -0.459 e. The third-order valence-corrected chi connectivity index (χ3v) is 3.72. The maximum atomic E-state index is 12.1. The van der Waals surface area contributed by atoms with Crippen molar-refractivity contribution in [1.82, 2.24) is 5.09 Å². The highest BCUT2D eigenvalue weighted by atomic mass is 35.7. The number of hydrogen-bond donors (Lipinski definition) is 1. The van der Waals surface area contributed by atoms with Crippen molar-refractivity contribution in [2.45, 2.75) is 39.3 Å². The van der Waals surface area contributed by atoms with Crippen molar-refractivity contribution in [3.8, 4) is 5.75 Å². The maximum Gasteiger partial charge on any atom is 0.409 e. The molecule has 0 aliphatic heterocycles. The Hall–Kier alpha value is -1.03. The summed E-state index contributed by atoms with van der Waals surface area (Å²) in [6.07, 6.45) is 0. The van der Waals surface area contributed by atoms with Gasteiger partial charge in [-0.1, -0.05) is 18.2 Å². The first kappa shape index (κ1) is 17.0. The van der Waals surface area contributed by atoms with Gasteiger partial charge in [-0.25, -0.2) is 9.65 Å². The minimum absolute atomic E-state index is 0.356. The van der Waals surface area contributed by atoms with Crippen LogP contribution in [0.1, 0.15) is 27.7 Å². The Morgan fingerprint density at radius 3 is 2.35 bits per heavy atom. The van der Waals surface area contributed by atoms with Crippen molar-refractivity contribution in [2.24, 2.45) is 0 Å². The summed E-state index contributed by atoms with van der Waals surface area (Å²) in [7, 11) is 0. The van der Waals surface area contributed by atoms with Gasteiger partial charge >= 0.3 is 12.8 Å². The molecule has 0 fully saturated rings. The molecule has 2 atom stereocenters. The molecular weight excluding hydrogens is 301 g/mol. The number of rotatable bonds is 5. The predicted octanol–water partition coefficient (Wildman–Crippen LogP) is 3.73. The summed E-state index contributed by atoms with van der Waals surface area (Å²) in [5, 5.41) is 2.45. The quantitative estimate of drug-likeness (QED) is 0.661. The molecule has 0 heterocycles. The maximum absolute atomic E-state index is 12.1. The van der Waals surface area contributed by atoms with E-state index in [1.54, 1.807) is 51.1 Å². The number of ether oxygens (including phenoxy) is 1. The normalized spacial score (nSPS) is 16.1. The lowest BCUT2D eigenvalue weighted by Gasteiger charge is -2.23. The van der Waals surface area contributed by atoms with Gasteiger partial charge in [-0.15, -0.1) is 0 Å². The minimum atomic E-state index is -3.67. The van der Waals surface area contributed by atoms with Gasteiger partial charge in [0.1, 0.15) is 17.4 Å². The zero-order chi connectivity index (χ0) is 15.4. The van der Waals surface area contributed by atoms with Crippen LogP contribution in [0.3, 0.4) is 0 Å². The summed E-state index contributed by atoms with van der Waals surface area (Å²) < 4.78 is 22.4. The van der Waals surface area contributed by atoms with Crippen molar-refractivity contribution < 1.29 is 18.6 Å². The highest BCUT2D eigenvalue weighted by Crippen LogP contribution is 2.48. The number of halogens is 1. The predicted molar refractivity (Wildman–Crippen MR) is 79.0 cm³/mol. The Kier molecular flexibility index (Phi) is 5.63. The third kappa shape index (κ3) is 6.42. The lowest BCUT2D eigenvalue weighted by atomic mass is 10.2. The molecule has 0 aliphatic carbocycles. The fourth-order valence-corrected chi connectivity index (χ4v) is 3.01. The lowest BCUT2D eigenvalue weighted by Crippen LogP contribution is -2.37. The number of hydrogen-bond acceptors (Lipinski definition) is 4. The van der Waals surface area contributed by atoms with E-state index >= 15 is 0 Å². The van der Waals surface area contributed by atoms with Crippen LogP contribution in [-0.4, -0.2) is 17.6 Å². The Morgan fingerprint density at radius 1 is 1.30 bits per heavy atom. The summed E-state index contributed by atoms with van der Waals surface area (Å²) in [5.74, 6) is -0.190. The van der Waals surface area contributed by atoms with Gasteiger partial charge in [0.25, 0.3) is 0 Å². The molecule has 1 aromatic rings. The average molecular weight is 320 g/mol. The number of nitrogens with one attached hydrogen (secondary N) is 1. The number of para-hydroxylation sites is 1. The van der Waals surface area contributed by atoms with Crippen LogP contribution < -0.4 is 9.61 Å². The van der Waals surface area contributed by atoms with Crippen LogP contribution >= 0.6 is 18.1 Å². The van der Waals surface area contributed by atoms with Crippen LogP contribution in [0.5, 0.6) is 5.75 Å². The number of carbonyl (C=O) groups is 1. The largest absolute Gasteiger partial charge is 0.459 e. The molecule has 112 valence electrons. The van der Waals surface area contributed by atoms with Crippen LogP contribution in [0, 0.1) is 0 Å². The first-order chi connectivity index (χ1) is 9.09. The second-order valence-corrected chi connectivity index (χ2v) is 8.00. The molecule has 0 saturated heterocycles. The Balaban J connectivity index is 2.62. The van der Waals surface area contributed by atoms with E-state index < -0.39 is 24.5 Å². The van der Waals surface area contributed by atoms with Crippen LogP contribution in [0.25, 0.3) is 0 Å². The number of esters is 1. The first-order valence-electron chi connectivity index (χ1n) is 6.14. The molecule has 1 N–H and O–H groups in total. The molecular formula is C13H19ClNO4P. The second-order valence-electron chi connectivity index (χ2n) is 5.27. The van der Waals surface area contributed by atoms with Crippen molar-refractivity contribution in [3.63, 3.8) is 0 Å². The van der Waals surface area contributed by atoms with Gasteiger partial charge in [-0.05, 0) is 39.8 Å². The molecule has 0 aromatic heterocycles. The van der Waals surface area contributed by atoms with Gasteiger partial charge in [0.05, 0.1) is 0 Å². The average Bonchev–Trinajstić information content (AvgIpc) is 2.26. The Bertz CT molecular complexity index is 501. The summed E-state index contributed by atoms with van der Waals surface area (Å²) in [5.41, 5.74) is -0.621. The zero-order valence-electron chi connectivity index (χ0n) is 11.9. The molecule has 1 aromatic carbocycles. The number of benzene rings is 1. The highest BCUT2D eigenvalue weighted by molar-refractivity contribution is 7.84. The van der Waals surface area contributed by atoms with Crippen molar-refractivity contribution >= 4 is 24.1 Å². The van der Waals surface area contributed by atoms with E-state index in [0.717, 1.165) is 0 Å². The summed E-state index contributed by atoms with van der Waals surface area (Å²) >= 11 is 5.80.